The Morgan fingerprint density at radius 2 is 1.07 bits per heavy atom. The molecule has 0 amide bonds. The van der Waals surface area contributed by atoms with E-state index in [2.05, 4.69) is 24.3 Å². The fourth-order valence-electron chi connectivity index (χ4n) is 5.86. The zero-order valence-corrected chi connectivity index (χ0v) is 26.0. The van der Waals surface area contributed by atoms with Gasteiger partial charge in [0.1, 0.15) is 0 Å². The molecule has 1 N–H and O–H groups in total. The molecule has 236 valence electrons. The van der Waals surface area contributed by atoms with Crippen molar-refractivity contribution >= 4 is 10.1 Å². The lowest BCUT2D eigenvalue weighted by Gasteiger charge is -2.41. The molecule has 0 bridgehead atoms. The number of benzene rings is 4. The number of hydrogen-bond acceptors (Lipinski definition) is 8. The summed E-state index contributed by atoms with van der Waals surface area (Å²) < 4.78 is 53.8. The molecular weight excluding hydrogens is 592 g/mol. The van der Waals surface area contributed by atoms with E-state index >= 15 is 0 Å². The molecule has 4 aromatic rings. The van der Waals surface area contributed by atoms with Crippen molar-refractivity contribution in [3.05, 3.63) is 143 Å². The van der Waals surface area contributed by atoms with E-state index in [1.54, 1.807) is 0 Å². The molecule has 0 aromatic heterocycles. The number of ether oxygens (including phenoxy) is 4. The average molecular weight is 631 g/mol. The van der Waals surface area contributed by atoms with E-state index in [0.717, 1.165) is 39.6 Å². The Labute approximate surface area is 264 Å². The second-order valence-electron chi connectivity index (χ2n) is 11.7. The largest absolute Gasteiger partial charge is 0.396 e. The molecule has 4 aromatic carbocycles. The zero-order chi connectivity index (χ0) is 31.3. The molecule has 0 unspecified atom stereocenters. The molecule has 0 radical (unpaired) electrons. The van der Waals surface area contributed by atoms with Crippen LogP contribution in [0.3, 0.4) is 0 Å². The molecule has 2 heterocycles. The van der Waals surface area contributed by atoms with Gasteiger partial charge in [-0.05, 0) is 29.7 Å². The Kier molecular flexibility index (Phi) is 9.49. The Morgan fingerprint density at radius 3 is 1.49 bits per heavy atom. The van der Waals surface area contributed by atoms with Gasteiger partial charge in [0.2, 0.25) is 11.6 Å². The third-order valence-corrected chi connectivity index (χ3v) is 8.76. The fraction of sp³-hybridized carbons (Fsp3) is 0.333. The van der Waals surface area contributed by atoms with Crippen LogP contribution < -0.4 is 0 Å². The summed E-state index contributed by atoms with van der Waals surface area (Å²) in [6, 6.07) is 36.1. The molecule has 2 fully saturated rings. The van der Waals surface area contributed by atoms with Crippen molar-refractivity contribution < 1.29 is 36.7 Å². The monoisotopic (exact) mass is 630 g/mol. The molecule has 0 saturated carbocycles. The first-order chi connectivity index (χ1) is 21.8. The van der Waals surface area contributed by atoms with E-state index in [4.69, 9.17) is 23.1 Å². The third-order valence-electron chi connectivity index (χ3n) is 8.20. The molecular formula is C36H38O8S. The summed E-state index contributed by atoms with van der Waals surface area (Å²) in [6.45, 7) is 1.33. The molecule has 8 nitrogen and oxygen atoms in total. The molecule has 2 saturated heterocycles. The van der Waals surface area contributed by atoms with Gasteiger partial charge in [0, 0.05) is 34.1 Å². The van der Waals surface area contributed by atoms with Gasteiger partial charge in [-0.1, -0.05) is 97.1 Å². The van der Waals surface area contributed by atoms with Crippen molar-refractivity contribution in [2.75, 3.05) is 45.9 Å². The van der Waals surface area contributed by atoms with Crippen LogP contribution in [0.1, 0.15) is 33.4 Å². The molecule has 9 heteroatoms. The SMILES string of the molecule is CS(=O)(=O)OCC1COC(c2ccccc2)(c2cccc(Cc3cccc(C4(c5ccccc5)OCC(CO)CO4)c3)c2)OC1. The zero-order valence-electron chi connectivity index (χ0n) is 25.2. The van der Waals surface area contributed by atoms with Crippen molar-refractivity contribution in [2.45, 2.75) is 18.0 Å². The molecule has 0 spiro atoms. The van der Waals surface area contributed by atoms with Crippen LogP contribution in [0.4, 0.5) is 0 Å². The van der Waals surface area contributed by atoms with Crippen LogP contribution in [0.5, 0.6) is 0 Å². The third kappa shape index (κ3) is 7.05. The first-order valence-corrected chi connectivity index (χ1v) is 16.9. The van der Waals surface area contributed by atoms with E-state index in [1.165, 1.54) is 0 Å². The summed E-state index contributed by atoms with van der Waals surface area (Å²) in [7, 11) is -3.56. The van der Waals surface area contributed by atoms with Crippen LogP contribution in [0.2, 0.25) is 0 Å². The van der Waals surface area contributed by atoms with E-state index < -0.39 is 21.7 Å². The second-order valence-corrected chi connectivity index (χ2v) is 13.3. The summed E-state index contributed by atoms with van der Waals surface area (Å²) in [4.78, 5) is 0. The first kappa shape index (κ1) is 31.6. The van der Waals surface area contributed by atoms with Gasteiger partial charge in [-0.2, -0.15) is 8.42 Å². The maximum Gasteiger partial charge on any atom is 0.264 e. The number of aliphatic hydroxyl groups is 1. The average Bonchev–Trinajstić information content (AvgIpc) is 3.08. The minimum atomic E-state index is -3.56. The predicted molar refractivity (Wildman–Crippen MR) is 169 cm³/mol. The predicted octanol–water partition coefficient (Wildman–Crippen LogP) is 4.97. The highest BCUT2D eigenvalue weighted by atomic mass is 32.2. The first-order valence-electron chi connectivity index (χ1n) is 15.1. The lowest BCUT2D eigenvalue weighted by atomic mass is 9.91. The van der Waals surface area contributed by atoms with Crippen molar-refractivity contribution in [1.29, 1.82) is 0 Å². The molecule has 2 aliphatic rings. The Hall–Kier alpha value is -3.41. The number of hydrogen-bond donors (Lipinski definition) is 1. The van der Waals surface area contributed by atoms with Gasteiger partial charge in [0.25, 0.3) is 10.1 Å². The fourth-order valence-corrected chi connectivity index (χ4v) is 6.30. The highest BCUT2D eigenvalue weighted by molar-refractivity contribution is 7.85. The van der Waals surface area contributed by atoms with E-state index in [0.29, 0.717) is 19.6 Å². The van der Waals surface area contributed by atoms with Crippen molar-refractivity contribution in [2.24, 2.45) is 11.8 Å². The van der Waals surface area contributed by atoms with Crippen molar-refractivity contribution in [3.63, 3.8) is 0 Å². The lowest BCUT2D eigenvalue weighted by molar-refractivity contribution is -0.270. The van der Waals surface area contributed by atoms with Gasteiger partial charge in [0.05, 0.1) is 45.9 Å². The van der Waals surface area contributed by atoms with Gasteiger partial charge < -0.3 is 24.1 Å². The molecule has 2 aliphatic heterocycles. The van der Waals surface area contributed by atoms with Crippen LogP contribution in [0.15, 0.2) is 109 Å². The molecule has 0 aliphatic carbocycles. The van der Waals surface area contributed by atoms with Gasteiger partial charge in [-0.25, -0.2) is 0 Å². The van der Waals surface area contributed by atoms with Crippen LogP contribution in [0.25, 0.3) is 0 Å². The summed E-state index contributed by atoms with van der Waals surface area (Å²) in [5.41, 5.74) is 5.63. The standard InChI is InChI=1S/C36H38O8S/c1-45(38,39)44-26-30-24-42-36(43-25-30,32-14-6-3-7-15-32)34-17-9-11-28(20-34)18-27-10-8-16-33(19-27)35(31-12-4-2-5-13-31)40-22-29(21-37)23-41-35/h2-17,19-20,29-30,37H,18,21-26H2,1H3. The highest BCUT2D eigenvalue weighted by Gasteiger charge is 2.43. The van der Waals surface area contributed by atoms with Gasteiger partial charge in [-0.15, -0.1) is 0 Å². The Bertz CT molecular complexity index is 1660. The smallest absolute Gasteiger partial charge is 0.264 e. The summed E-state index contributed by atoms with van der Waals surface area (Å²) in [5, 5.41) is 9.68. The van der Waals surface area contributed by atoms with Crippen LogP contribution in [-0.4, -0.2) is 59.4 Å². The van der Waals surface area contributed by atoms with Crippen LogP contribution in [0, 0.1) is 11.8 Å². The second kappa shape index (κ2) is 13.5. The normalized spacial score (nSPS) is 25.6. The maximum atomic E-state index is 11.5. The van der Waals surface area contributed by atoms with Gasteiger partial charge in [0.15, 0.2) is 0 Å². The minimum Gasteiger partial charge on any atom is -0.396 e. The van der Waals surface area contributed by atoms with Crippen LogP contribution >= 0.6 is 0 Å². The number of rotatable bonds is 10. The van der Waals surface area contributed by atoms with E-state index in [9.17, 15) is 13.5 Å². The Balaban J connectivity index is 1.28. The van der Waals surface area contributed by atoms with Crippen LogP contribution in [-0.2, 0) is 51.2 Å². The Morgan fingerprint density at radius 1 is 0.644 bits per heavy atom. The lowest BCUT2D eigenvalue weighted by Crippen LogP contribution is -2.44. The molecule has 0 atom stereocenters. The summed E-state index contributed by atoms with van der Waals surface area (Å²) >= 11 is 0. The topological polar surface area (TPSA) is 101 Å². The van der Waals surface area contributed by atoms with Crippen molar-refractivity contribution in [3.8, 4) is 0 Å². The summed E-state index contributed by atoms with van der Waals surface area (Å²) in [5.74, 6) is -2.51. The minimum absolute atomic E-state index is 0.00135. The van der Waals surface area contributed by atoms with E-state index in [1.807, 2.05) is 84.9 Å². The van der Waals surface area contributed by atoms with Crippen molar-refractivity contribution in [1.82, 2.24) is 0 Å². The number of aliphatic hydroxyl groups excluding tert-OH is 1. The summed E-state index contributed by atoms with van der Waals surface area (Å²) in [6.07, 6.45) is 1.68. The molecule has 6 rings (SSSR count). The molecule has 45 heavy (non-hydrogen) atoms. The highest BCUT2D eigenvalue weighted by Crippen LogP contribution is 2.41. The van der Waals surface area contributed by atoms with Gasteiger partial charge in [-0.3, -0.25) is 4.18 Å². The van der Waals surface area contributed by atoms with E-state index in [-0.39, 0.29) is 38.3 Å². The van der Waals surface area contributed by atoms with Gasteiger partial charge >= 0.3 is 0 Å². The maximum absolute atomic E-state index is 11.5. The quantitative estimate of drug-likeness (QED) is 0.245.